The zero-order chi connectivity index (χ0) is 10.1. The number of thiophene rings is 1. The molecule has 1 aromatic carbocycles. The van der Waals surface area contributed by atoms with Crippen LogP contribution in [0.1, 0.15) is 10.4 Å². The summed E-state index contributed by atoms with van der Waals surface area (Å²) >= 11 is 7.87. The van der Waals surface area contributed by atoms with E-state index in [4.69, 9.17) is 16.9 Å². The summed E-state index contributed by atoms with van der Waals surface area (Å²) in [6.45, 7) is 2.06. The summed E-state index contributed by atoms with van der Waals surface area (Å²) in [5.41, 5.74) is 0.920. The molecule has 0 bridgehead atoms. The van der Waals surface area contributed by atoms with E-state index in [2.05, 4.69) is 19.1 Å². The largest absolute Gasteiger partial charge is 0.198 e. The van der Waals surface area contributed by atoms with Crippen molar-refractivity contribution in [1.29, 1.82) is 5.26 Å². The van der Waals surface area contributed by atoms with E-state index in [0.717, 1.165) is 15.3 Å². The SMILES string of the molecule is Cc1cc2ccc(CC#N)c(Cl)c2s1. The van der Waals surface area contributed by atoms with Crippen molar-refractivity contribution in [2.75, 3.05) is 0 Å². The number of aryl methyl sites for hydroxylation is 1. The number of rotatable bonds is 1. The molecule has 0 fully saturated rings. The number of benzene rings is 1. The van der Waals surface area contributed by atoms with Crippen LogP contribution in [-0.2, 0) is 6.42 Å². The molecule has 0 spiro atoms. The molecular weight excluding hydrogens is 214 g/mol. The molecule has 2 rings (SSSR count). The minimum absolute atomic E-state index is 0.381. The minimum atomic E-state index is 0.381. The first-order chi connectivity index (χ1) is 6.72. The normalized spacial score (nSPS) is 10.4. The lowest BCUT2D eigenvalue weighted by Gasteiger charge is -1.99. The number of nitrogens with zero attached hydrogens (tertiary/aromatic N) is 1. The lowest BCUT2D eigenvalue weighted by atomic mass is 10.1. The lowest BCUT2D eigenvalue weighted by molar-refractivity contribution is 1.27. The molecular formula is C11H8ClNS. The Morgan fingerprint density at radius 2 is 2.29 bits per heavy atom. The Bertz CT molecular complexity index is 522. The lowest BCUT2D eigenvalue weighted by Crippen LogP contribution is -1.82. The molecule has 0 N–H and O–H groups in total. The van der Waals surface area contributed by atoms with Crippen LogP contribution >= 0.6 is 22.9 Å². The van der Waals surface area contributed by atoms with Gasteiger partial charge < -0.3 is 0 Å². The monoisotopic (exact) mass is 221 g/mol. The highest BCUT2D eigenvalue weighted by molar-refractivity contribution is 7.19. The fourth-order valence-electron chi connectivity index (χ4n) is 1.46. The zero-order valence-corrected chi connectivity index (χ0v) is 9.25. The van der Waals surface area contributed by atoms with Gasteiger partial charge in [0.2, 0.25) is 0 Å². The Labute approximate surface area is 91.5 Å². The maximum atomic E-state index is 8.62. The van der Waals surface area contributed by atoms with Crippen molar-refractivity contribution in [3.63, 3.8) is 0 Å². The molecule has 0 aliphatic carbocycles. The first kappa shape index (κ1) is 9.51. The minimum Gasteiger partial charge on any atom is -0.198 e. The summed E-state index contributed by atoms with van der Waals surface area (Å²) in [6.07, 6.45) is 0.381. The first-order valence-corrected chi connectivity index (χ1v) is 5.46. The Balaban J connectivity index is 2.69. The first-order valence-electron chi connectivity index (χ1n) is 4.27. The highest BCUT2D eigenvalue weighted by Crippen LogP contribution is 2.33. The van der Waals surface area contributed by atoms with Crippen molar-refractivity contribution in [2.45, 2.75) is 13.3 Å². The predicted molar refractivity (Wildman–Crippen MR) is 60.9 cm³/mol. The summed E-state index contributed by atoms with van der Waals surface area (Å²) in [6, 6.07) is 8.19. The van der Waals surface area contributed by atoms with E-state index in [9.17, 15) is 0 Å². The van der Waals surface area contributed by atoms with Gasteiger partial charge in [0, 0.05) is 4.88 Å². The molecule has 1 heterocycles. The molecule has 3 heteroatoms. The van der Waals surface area contributed by atoms with E-state index in [-0.39, 0.29) is 0 Å². The van der Waals surface area contributed by atoms with Crippen LogP contribution in [0.4, 0.5) is 0 Å². The maximum Gasteiger partial charge on any atom is 0.0670 e. The van der Waals surface area contributed by atoms with Crippen molar-refractivity contribution in [3.05, 3.63) is 33.7 Å². The molecule has 0 atom stereocenters. The van der Waals surface area contributed by atoms with E-state index in [1.54, 1.807) is 11.3 Å². The summed E-state index contributed by atoms with van der Waals surface area (Å²) in [5, 5.41) is 10.5. The molecule has 1 aromatic heterocycles. The third-order valence-electron chi connectivity index (χ3n) is 2.10. The zero-order valence-electron chi connectivity index (χ0n) is 7.67. The van der Waals surface area contributed by atoms with Crippen molar-refractivity contribution < 1.29 is 0 Å². The molecule has 0 saturated heterocycles. The van der Waals surface area contributed by atoms with E-state index < -0.39 is 0 Å². The van der Waals surface area contributed by atoms with Crippen LogP contribution in [0, 0.1) is 18.3 Å². The fraction of sp³-hybridized carbons (Fsp3) is 0.182. The molecule has 0 unspecified atom stereocenters. The second-order valence-corrected chi connectivity index (χ2v) is 4.78. The molecule has 1 nitrogen and oxygen atoms in total. The summed E-state index contributed by atoms with van der Waals surface area (Å²) in [5.74, 6) is 0. The van der Waals surface area contributed by atoms with Gasteiger partial charge in [-0.2, -0.15) is 5.26 Å². The Kier molecular flexibility index (Phi) is 2.45. The molecule has 70 valence electrons. The number of halogens is 1. The van der Waals surface area contributed by atoms with Crippen molar-refractivity contribution in [2.24, 2.45) is 0 Å². The summed E-state index contributed by atoms with van der Waals surface area (Å²) in [7, 11) is 0. The fourth-order valence-corrected chi connectivity index (χ4v) is 2.79. The molecule has 2 aromatic rings. The molecule has 0 amide bonds. The van der Waals surface area contributed by atoms with Crippen LogP contribution in [0.15, 0.2) is 18.2 Å². The Morgan fingerprint density at radius 3 is 3.00 bits per heavy atom. The number of nitriles is 1. The molecule has 0 aliphatic rings. The Morgan fingerprint density at radius 1 is 1.50 bits per heavy atom. The smallest absolute Gasteiger partial charge is 0.0670 e. The number of fused-ring (bicyclic) bond motifs is 1. The quantitative estimate of drug-likeness (QED) is 0.716. The van der Waals surface area contributed by atoms with Crippen molar-refractivity contribution >= 4 is 33.0 Å². The van der Waals surface area contributed by atoms with Gasteiger partial charge in [-0.3, -0.25) is 0 Å². The molecule has 14 heavy (non-hydrogen) atoms. The van der Waals surface area contributed by atoms with Crippen LogP contribution in [0.2, 0.25) is 5.02 Å². The third kappa shape index (κ3) is 1.50. The van der Waals surface area contributed by atoms with Crippen molar-refractivity contribution in [3.8, 4) is 6.07 Å². The van der Waals surface area contributed by atoms with Crippen LogP contribution in [-0.4, -0.2) is 0 Å². The van der Waals surface area contributed by atoms with Crippen LogP contribution < -0.4 is 0 Å². The second-order valence-electron chi connectivity index (χ2n) is 3.15. The summed E-state index contributed by atoms with van der Waals surface area (Å²) in [4.78, 5) is 1.25. The highest BCUT2D eigenvalue weighted by Gasteiger charge is 2.07. The van der Waals surface area contributed by atoms with E-state index in [1.807, 2.05) is 12.1 Å². The van der Waals surface area contributed by atoms with Gasteiger partial charge in [0.05, 0.1) is 22.2 Å². The van der Waals surface area contributed by atoms with E-state index in [0.29, 0.717) is 6.42 Å². The summed E-state index contributed by atoms with van der Waals surface area (Å²) < 4.78 is 1.09. The Hall–Kier alpha value is -1.04. The van der Waals surface area contributed by atoms with Crippen molar-refractivity contribution in [1.82, 2.24) is 0 Å². The highest BCUT2D eigenvalue weighted by atomic mass is 35.5. The number of hydrogen-bond acceptors (Lipinski definition) is 2. The predicted octanol–water partition coefficient (Wildman–Crippen LogP) is 3.93. The van der Waals surface area contributed by atoms with Crippen LogP contribution in [0.5, 0.6) is 0 Å². The van der Waals surface area contributed by atoms with Gasteiger partial charge in [-0.1, -0.05) is 23.7 Å². The van der Waals surface area contributed by atoms with Gasteiger partial charge in [-0.25, -0.2) is 0 Å². The number of hydrogen-bond donors (Lipinski definition) is 0. The standard InChI is InChI=1S/C11H8ClNS/c1-7-6-9-3-2-8(4-5-13)10(12)11(9)14-7/h2-3,6H,4H2,1H3. The van der Waals surface area contributed by atoms with Gasteiger partial charge in [0.1, 0.15) is 0 Å². The van der Waals surface area contributed by atoms with Gasteiger partial charge >= 0.3 is 0 Å². The maximum absolute atomic E-state index is 8.62. The molecule has 0 saturated carbocycles. The van der Waals surface area contributed by atoms with Crippen LogP contribution in [0.3, 0.4) is 0 Å². The molecule has 0 radical (unpaired) electrons. The second kappa shape index (κ2) is 3.61. The average Bonchev–Trinajstić information content (AvgIpc) is 2.52. The van der Waals surface area contributed by atoms with E-state index >= 15 is 0 Å². The van der Waals surface area contributed by atoms with Crippen LogP contribution in [0.25, 0.3) is 10.1 Å². The van der Waals surface area contributed by atoms with Gasteiger partial charge in [0.25, 0.3) is 0 Å². The van der Waals surface area contributed by atoms with Gasteiger partial charge in [-0.05, 0) is 23.9 Å². The molecule has 0 aliphatic heterocycles. The van der Waals surface area contributed by atoms with Gasteiger partial charge in [-0.15, -0.1) is 11.3 Å². The van der Waals surface area contributed by atoms with E-state index in [1.165, 1.54) is 10.3 Å². The third-order valence-corrected chi connectivity index (χ3v) is 3.73. The van der Waals surface area contributed by atoms with Gasteiger partial charge in [0.15, 0.2) is 0 Å². The topological polar surface area (TPSA) is 23.8 Å². The average molecular weight is 222 g/mol.